The first-order valence-electron chi connectivity index (χ1n) is 5.78. The minimum absolute atomic E-state index is 0.316. The van der Waals surface area contributed by atoms with Crippen LogP contribution in [-0.2, 0) is 17.8 Å². The van der Waals surface area contributed by atoms with Crippen molar-refractivity contribution in [3.63, 3.8) is 0 Å². The van der Waals surface area contributed by atoms with Crippen molar-refractivity contribution in [1.29, 1.82) is 0 Å². The van der Waals surface area contributed by atoms with Crippen LogP contribution in [0, 0.1) is 0 Å². The zero-order valence-corrected chi connectivity index (χ0v) is 10.9. The van der Waals surface area contributed by atoms with Crippen LogP contribution >= 0.6 is 11.3 Å². The number of rotatable bonds is 1. The van der Waals surface area contributed by atoms with E-state index < -0.39 is 16.5 Å². The van der Waals surface area contributed by atoms with Crippen molar-refractivity contribution in [2.45, 2.75) is 20.0 Å². The lowest BCUT2D eigenvalue weighted by atomic mass is 10.3. The lowest BCUT2D eigenvalue weighted by Gasteiger charge is -2.14. The molecule has 100 valence electrons. The van der Waals surface area contributed by atoms with Gasteiger partial charge in [0.15, 0.2) is 0 Å². The Morgan fingerprint density at radius 3 is 2.89 bits per heavy atom. The normalized spacial score (nSPS) is 13.8. The van der Waals surface area contributed by atoms with Gasteiger partial charge < -0.3 is 9.72 Å². The molecule has 0 fully saturated rings. The monoisotopic (exact) mass is 281 g/mol. The van der Waals surface area contributed by atoms with E-state index in [1.165, 1.54) is 4.90 Å². The molecule has 0 saturated carbocycles. The highest BCUT2D eigenvalue weighted by atomic mass is 32.1. The van der Waals surface area contributed by atoms with Crippen LogP contribution in [0.2, 0.25) is 0 Å². The largest absolute Gasteiger partial charge is 0.450 e. The maximum atomic E-state index is 11.6. The highest BCUT2D eigenvalue weighted by Crippen LogP contribution is 2.30. The Hall–Kier alpha value is -2.09. The molecule has 1 aliphatic heterocycles. The van der Waals surface area contributed by atoms with Gasteiger partial charge >= 0.3 is 11.0 Å². The van der Waals surface area contributed by atoms with Crippen LogP contribution in [0.5, 0.6) is 0 Å². The molecule has 2 aromatic rings. The van der Waals surface area contributed by atoms with Gasteiger partial charge in [-0.15, -0.1) is 0 Å². The van der Waals surface area contributed by atoms with E-state index in [4.69, 9.17) is 4.74 Å². The highest BCUT2D eigenvalue weighted by molar-refractivity contribution is 7.16. The lowest BCUT2D eigenvalue weighted by molar-refractivity contribution is 0.106. The van der Waals surface area contributed by atoms with Crippen LogP contribution in [0.15, 0.2) is 9.59 Å². The number of carbonyl (C=O) groups is 1. The number of fused-ring (bicyclic) bond motifs is 3. The van der Waals surface area contributed by atoms with Crippen molar-refractivity contribution in [3.05, 3.63) is 31.3 Å². The van der Waals surface area contributed by atoms with Gasteiger partial charge in [0.25, 0.3) is 5.56 Å². The van der Waals surface area contributed by atoms with Gasteiger partial charge in [-0.25, -0.2) is 4.79 Å². The van der Waals surface area contributed by atoms with Gasteiger partial charge in [-0.3, -0.25) is 19.5 Å². The van der Waals surface area contributed by atoms with Crippen LogP contribution in [0.1, 0.15) is 18.2 Å². The molecule has 2 N–H and O–H groups in total. The molecule has 0 radical (unpaired) electrons. The molecule has 0 atom stereocenters. The van der Waals surface area contributed by atoms with Gasteiger partial charge in [-0.05, 0) is 6.92 Å². The Morgan fingerprint density at radius 2 is 2.16 bits per heavy atom. The van der Waals surface area contributed by atoms with Crippen molar-refractivity contribution in [3.8, 4) is 0 Å². The van der Waals surface area contributed by atoms with Crippen molar-refractivity contribution in [2.24, 2.45) is 0 Å². The molecule has 0 bridgehead atoms. The molecule has 2 aromatic heterocycles. The average Bonchev–Trinajstić information content (AvgIpc) is 2.88. The van der Waals surface area contributed by atoms with Crippen LogP contribution in [0.4, 0.5) is 4.79 Å². The Morgan fingerprint density at radius 1 is 1.37 bits per heavy atom. The van der Waals surface area contributed by atoms with Crippen molar-refractivity contribution in [1.82, 2.24) is 14.9 Å². The molecule has 0 unspecified atom stereocenters. The number of nitrogens with zero attached hydrogens (tertiary/aromatic N) is 1. The third-order valence-electron chi connectivity index (χ3n) is 3.00. The van der Waals surface area contributed by atoms with Gasteiger partial charge in [-0.2, -0.15) is 0 Å². The number of aromatic nitrogens is 2. The average molecular weight is 281 g/mol. The molecule has 0 aliphatic carbocycles. The van der Waals surface area contributed by atoms with E-state index in [0.717, 1.165) is 22.6 Å². The Kier molecular flexibility index (Phi) is 2.67. The highest BCUT2D eigenvalue weighted by Gasteiger charge is 2.29. The SMILES string of the molecule is CCOC(=O)N1Cc2[nH]c3c(=O)[nH]c(=O)sc3c2C1. The van der Waals surface area contributed by atoms with Gasteiger partial charge in [-0.1, -0.05) is 11.3 Å². The summed E-state index contributed by atoms with van der Waals surface area (Å²) in [5.74, 6) is 0. The number of amides is 1. The second kappa shape index (κ2) is 4.23. The van der Waals surface area contributed by atoms with Crippen molar-refractivity contribution in [2.75, 3.05) is 6.61 Å². The summed E-state index contributed by atoms with van der Waals surface area (Å²) in [7, 11) is 0. The summed E-state index contributed by atoms with van der Waals surface area (Å²) in [6.07, 6.45) is -0.391. The molecule has 0 aromatic carbocycles. The summed E-state index contributed by atoms with van der Waals surface area (Å²) >= 11 is 0.974. The summed E-state index contributed by atoms with van der Waals surface area (Å²) in [6.45, 7) is 2.78. The minimum Gasteiger partial charge on any atom is -0.450 e. The van der Waals surface area contributed by atoms with E-state index in [1.807, 2.05) is 0 Å². The smallest absolute Gasteiger partial charge is 0.410 e. The summed E-state index contributed by atoms with van der Waals surface area (Å²) in [4.78, 5) is 41.0. The zero-order valence-electron chi connectivity index (χ0n) is 10.1. The molecule has 3 rings (SSSR count). The van der Waals surface area contributed by atoms with Gasteiger partial charge in [0, 0.05) is 11.3 Å². The van der Waals surface area contributed by atoms with Crippen LogP contribution in [-0.4, -0.2) is 27.6 Å². The number of hydrogen-bond donors (Lipinski definition) is 2. The Bertz CT molecular complexity index is 772. The maximum absolute atomic E-state index is 11.6. The standard InChI is InChI=1S/C11H11N3O4S/c1-2-18-11(17)14-3-5-6(4-14)12-7-8(5)19-10(16)13-9(7)15/h12H,2-4H2,1H3,(H,13,15,16). The number of carbonyl (C=O) groups excluding carboxylic acids is 1. The van der Waals surface area contributed by atoms with Crippen LogP contribution in [0.25, 0.3) is 10.2 Å². The quantitative estimate of drug-likeness (QED) is 0.806. The number of ether oxygens (including phenoxy) is 1. The van der Waals surface area contributed by atoms with E-state index in [-0.39, 0.29) is 0 Å². The maximum Gasteiger partial charge on any atom is 0.410 e. The molecule has 1 amide bonds. The molecule has 8 heteroatoms. The first kappa shape index (κ1) is 12.0. The van der Waals surface area contributed by atoms with E-state index in [1.54, 1.807) is 6.92 Å². The first-order chi connectivity index (χ1) is 9.10. The third kappa shape index (κ3) is 1.84. The number of aromatic amines is 2. The summed E-state index contributed by atoms with van der Waals surface area (Å²) in [5.41, 5.74) is 1.60. The van der Waals surface area contributed by atoms with Crippen molar-refractivity contribution < 1.29 is 9.53 Å². The van der Waals surface area contributed by atoms with E-state index >= 15 is 0 Å². The molecule has 19 heavy (non-hydrogen) atoms. The zero-order chi connectivity index (χ0) is 13.6. The number of hydrogen-bond acceptors (Lipinski definition) is 5. The second-order valence-corrected chi connectivity index (χ2v) is 5.17. The van der Waals surface area contributed by atoms with Crippen LogP contribution in [0.3, 0.4) is 0 Å². The first-order valence-corrected chi connectivity index (χ1v) is 6.60. The predicted molar refractivity (Wildman–Crippen MR) is 69.3 cm³/mol. The molecule has 7 nitrogen and oxygen atoms in total. The molecule has 0 spiro atoms. The summed E-state index contributed by atoms with van der Waals surface area (Å²) in [5, 5.41) is 0. The van der Waals surface area contributed by atoms with Gasteiger partial charge in [0.1, 0.15) is 5.52 Å². The fourth-order valence-corrected chi connectivity index (χ4v) is 3.09. The molecule has 1 aliphatic rings. The summed E-state index contributed by atoms with van der Waals surface area (Å²) < 4.78 is 5.55. The second-order valence-electron chi connectivity index (χ2n) is 4.18. The topological polar surface area (TPSA) is 95.3 Å². The predicted octanol–water partition coefficient (Wildman–Crippen LogP) is 0.750. The summed E-state index contributed by atoms with van der Waals surface area (Å²) in [6, 6.07) is 0. The van der Waals surface area contributed by atoms with Crippen LogP contribution < -0.4 is 10.4 Å². The van der Waals surface area contributed by atoms with Gasteiger partial charge in [0.05, 0.1) is 24.4 Å². The molecular weight excluding hydrogens is 270 g/mol. The lowest BCUT2D eigenvalue weighted by Crippen LogP contribution is -2.26. The third-order valence-corrected chi connectivity index (χ3v) is 3.94. The van der Waals surface area contributed by atoms with E-state index in [2.05, 4.69) is 9.97 Å². The molecule has 3 heterocycles. The molecular formula is C11H11N3O4S. The molecule has 0 saturated heterocycles. The van der Waals surface area contributed by atoms with E-state index in [9.17, 15) is 14.4 Å². The van der Waals surface area contributed by atoms with Crippen molar-refractivity contribution >= 4 is 27.6 Å². The van der Waals surface area contributed by atoms with E-state index in [0.29, 0.717) is 29.9 Å². The fraction of sp³-hybridized carbons (Fsp3) is 0.364. The number of H-pyrrole nitrogens is 2. The fourth-order valence-electron chi connectivity index (χ4n) is 2.20. The Labute approximate surface area is 110 Å². The minimum atomic E-state index is -0.421. The Balaban J connectivity index is 2.04. The van der Waals surface area contributed by atoms with Gasteiger partial charge in [0.2, 0.25) is 0 Å². The number of nitrogens with one attached hydrogen (secondary N) is 2.